The van der Waals surface area contributed by atoms with Crippen LogP contribution in [0.2, 0.25) is 0 Å². The standard InChI is InChI=1S/C8H15N2O3P/c1-5(14)10-6(8(13)9-2)3-4-7(11)12/h6H,3-4,14H2,1-2H3,(H,9,13)(H,11,12). The van der Waals surface area contributed by atoms with E-state index in [1.54, 1.807) is 6.92 Å². The van der Waals surface area contributed by atoms with Gasteiger partial charge in [0.15, 0.2) is 0 Å². The number of nitrogens with one attached hydrogen (secondary N) is 1. The lowest BCUT2D eigenvalue weighted by atomic mass is 10.1. The molecule has 0 spiro atoms. The van der Waals surface area contributed by atoms with Gasteiger partial charge >= 0.3 is 5.97 Å². The summed E-state index contributed by atoms with van der Waals surface area (Å²) in [5.41, 5.74) is 0.684. The third-order valence-corrected chi connectivity index (χ3v) is 1.69. The Hall–Kier alpha value is -0.960. The van der Waals surface area contributed by atoms with Gasteiger partial charge in [-0.2, -0.15) is 0 Å². The molecule has 14 heavy (non-hydrogen) atoms. The second kappa shape index (κ2) is 6.49. The minimum atomic E-state index is -0.921. The topological polar surface area (TPSA) is 78.8 Å². The van der Waals surface area contributed by atoms with Crippen molar-refractivity contribution in [3.8, 4) is 0 Å². The van der Waals surface area contributed by atoms with Gasteiger partial charge in [-0.1, -0.05) is 9.24 Å². The summed E-state index contributed by atoms with van der Waals surface area (Å²) in [6.45, 7) is 1.74. The van der Waals surface area contributed by atoms with Gasteiger partial charge < -0.3 is 10.4 Å². The Morgan fingerprint density at radius 3 is 2.50 bits per heavy atom. The third-order valence-electron chi connectivity index (χ3n) is 1.54. The first-order valence-electron chi connectivity index (χ1n) is 4.20. The molecular weight excluding hydrogens is 203 g/mol. The fourth-order valence-electron chi connectivity index (χ4n) is 0.927. The fourth-order valence-corrected chi connectivity index (χ4v) is 1.11. The van der Waals surface area contributed by atoms with Crippen molar-refractivity contribution in [3.05, 3.63) is 0 Å². The molecule has 0 radical (unpaired) electrons. The minimum absolute atomic E-state index is 0.0560. The number of aliphatic imine (C=N–C) groups is 1. The summed E-state index contributed by atoms with van der Waals surface area (Å²) >= 11 is 0. The van der Waals surface area contributed by atoms with E-state index in [2.05, 4.69) is 19.5 Å². The van der Waals surface area contributed by atoms with Gasteiger partial charge in [-0.3, -0.25) is 14.6 Å². The molecule has 0 aliphatic rings. The molecule has 0 saturated carbocycles. The normalized spacial score (nSPS) is 13.5. The van der Waals surface area contributed by atoms with E-state index in [0.29, 0.717) is 5.45 Å². The lowest BCUT2D eigenvalue weighted by Gasteiger charge is -2.09. The van der Waals surface area contributed by atoms with Crippen molar-refractivity contribution in [2.75, 3.05) is 7.05 Å². The Balaban J connectivity index is 4.33. The van der Waals surface area contributed by atoms with E-state index in [1.165, 1.54) is 7.05 Å². The van der Waals surface area contributed by atoms with Crippen molar-refractivity contribution in [1.82, 2.24) is 5.32 Å². The molecule has 2 unspecified atom stereocenters. The molecule has 2 N–H and O–H groups in total. The summed E-state index contributed by atoms with van der Waals surface area (Å²) in [5, 5.41) is 10.9. The van der Waals surface area contributed by atoms with Crippen LogP contribution in [0.3, 0.4) is 0 Å². The maximum absolute atomic E-state index is 11.2. The predicted molar refractivity (Wildman–Crippen MR) is 57.5 cm³/mol. The van der Waals surface area contributed by atoms with Crippen LogP contribution < -0.4 is 5.32 Å². The van der Waals surface area contributed by atoms with Gasteiger partial charge in [0.1, 0.15) is 6.04 Å². The number of carboxylic acids is 1. The van der Waals surface area contributed by atoms with Crippen LogP contribution in [0.1, 0.15) is 19.8 Å². The Kier molecular flexibility index (Phi) is 6.04. The van der Waals surface area contributed by atoms with Crippen LogP contribution in [0, 0.1) is 0 Å². The van der Waals surface area contributed by atoms with Gasteiger partial charge in [-0.15, -0.1) is 0 Å². The molecular formula is C8H15N2O3P. The highest BCUT2D eigenvalue weighted by Gasteiger charge is 2.16. The lowest BCUT2D eigenvalue weighted by molar-refractivity contribution is -0.137. The maximum Gasteiger partial charge on any atom is 0.303 e. The van der Waals surface area contributed by atoms with E-state index in [9.17, 15) is 9.59 Å². The summed E-state index contributed by atoms with van der Waals surface area (Å²) in [7, 11) is 3.87. The molecule has 2 atom stereocenters. The van der Waals surface area contributed by atoms with Crippen LogP contribution in [-0.4, -0.2) is 35.5 Å². The first-order chi connectivity index (χ1) is 6.47. The van der Waals surface area contributed by atoms with E-state index in [-0.39, 0.29) is 18.7 Å². The van der Waals surface area contributed by atoms with Gasteiger partial charge in [0.05, 0.1) is 0 Å². The molecule has 0 fully saturated rings. The second-order valence-corrected chi connectivity index (χ2v) is 3.67. The zero-order chi connectivity index (χ0) is 11.1. The SMILES string of the molecule is CNC(=O)C(CCC(=O)O)N=C(C)P. The van der Waals surface area contributed by atoms with E-state index in [1.807, 2.05) is 0 Å². The zero-order valence-corrected chi connectivity index (χ0v) is 9.43. The number of aliphatic carboxylic acids is 1. The smallest absolute Gasteiger partial charge is 0.303 e. The highest BCUT2D eigenvalue weighted by atomic mass is 31.0. The fraction of sp³-hybridized carbons (Fsp3) is 0.625. The van der Waals surface area contributed by atoms with Gasteiger partial charge in [0, 0.05) is 18.9 Å². The molecule has 0 heterocycles. The molecule has 0 aliphatic heterocycles. The molecule has 80 valence electrons. The lowest BCUT2D eigenvalue weighted by Crippen LogP contribution is -2.31. The number of carbonyl (C=O) groups is 2. The van der Waals surface area contributed by atoms with Gasteiger partial charge in [-0.25, -0.2) is 0 Å². The average Bonchev–Trinajstić information content (AvgIpc) is 2.10. The highest BCUT2D eigenvalue weighted by molar-refractivity contribution is 7.40. The Labute approximate surface area is 85.2 Å². The van der Waals surface area contributed by atoms with E-state index < -0.39 is 12.0 Å². The highest BCUT2D eigenvalue weighted by Crippen LogP contribution is 2.05. The molecule has 0 saturated heterocycles. The van der Waals surface area contributed by atoms with Crippen molar-refractivity contribution in [2.24, 2.45) is 4.99 Å². The molecule has 5 nitrogen and oxygen atoms in total. The molecule has 0 aromatic carbocycles. The summed E-state index contributed by atoms with van der Waals surface area (Å²) in [6.07, 6.45) is 0.167. The number of likely N-dealkylation sites (N-methyl/N-ethyl adjacent to an activating group) is 1. The number of hydrogen-bond acceptors (Lipinski definition) is 3. The number of nitrogens with zero attached hydrogens (tertiary/aromatic N) is 1. The van der Waals surface area contributed by atoms with Crippen molar-refractivity contribution in [2.45, 2.75) is 25.8 Å². The third kappa shape index (κ3) is 5.65. The summed E-state index contributed by atoms with van der Waals surface area (Å²) in [4.78, 5) is 25.6. The largest absolute Gasteiger partial charge is 0.481 e. The minimum Gasteiger partial charge on any atom is -0.481 e. The first kappa shape index (κ1) is 13.0. The number of carboxylic acid groups (broad SMARTS) is 1. The van der Waals surface area contributed by atoms with Crippen molar-refractivity contribution in [3.63, 3.8) is 0 Å². The Morgan fingerprint density at radius 1 is 1.57 bits per heavy atom. The van der Waals surface area contributed by atoms with Crippen LogP contribution in [0.4, 0.5) is 0 Å². The van der Waals surface area contributed by atoms with Crippen molar-refractivity contribution < 1.29 is 14.7 Å². The summed E-state index contributed by atoms with van der Waals surface area (Å²) < 4.78 is 0. The predicted octanol–water partition coefficient (Wildman–Crippen LogP) is 0.259. The van der Waals surface area contributed by atoms with Gasteiger partial charge in [0.25, 0.3) is 0 Å². The summed E-state index contributed by atoms with van der Waals surface area (Å²) in [6, 6.07) is -0.603. The van der Waals surface area contributed by atoms with E-state index >= 15 is 0 Å². The number of carbonyl (C=O) groups excluding carboxylic acids is 1. The molecule has 6 heteroatoms. The summed E-state index contributed by atoms with van der Waals surface area (Å²) in [5.74, 6) is -1.18. The zero-order valence-electron chi connectivity index (χ0n) is 8.28. The van der Waals surface area contributed by atoms with Crippen molar-refractivity contribution >= 4 is 26.6 Å². The number of rotatable bonds is 5. The number of hydrogen-bond donors (Lipinski definition) is 2. The molecule has 0 aliphatic carbocycles. The van der Waals surface area contributed by atoms with Crippen LogP contribution in [0.25, 0.3) is 0 Å². The molecule has 1 amide bonds. The second-order valence-electron chi connectivity index (χ2n) is 2.83. The van der Waals surface area contributed by atoms with Crippen LogP contribution in [0.5, 0.6) is 0 Å². The quantitative estimate of drug-likeness (QED) is 0.513. The van der Waals surface area contributed by atoms with Crippen LogP contribution >= 0.6 is 9.24 Å². The molecule has 0 bridgehead atoms. The monoisotopic (exact) mass is 218 g/mol. The maximum atomic E-state index is 11.2. The molecule has 0 aromatic heterocycles. The van der Waals surface area contributed by atoms with E-state index in [0.717, 1.165) is 0 Å². The van der Waals surface area contributed by atoms with Crippen molar-refractivity contribution in [1.29, 1.82) is 0 Å². The van der Waals surface area contributed by atoms with E-state index in [4.69, 9.17) is 5.11 Å². The molecule has 0 rings (SSSR count). The molecule has 0 aromatic rings. The van der Waals surface area contributed by atoms with Gasteiger partial charge in [-0.05, 0) is 13.3 Å². The van der Waals surface area contributed by atoms with Crippen LogP contribution in [-0.2, 0) is 9.59 Å². The average molecular weight is 218 g/mol. The first-order valence-corrected chi connectivity index (χ1v) is 4.78. The number of amides is 1. The van der Waals surface area contributed by atoms with Gasteiger partial charge in [0.2, 0.25) is 5.91 Å². The Bertz CT molecular complexity index is 249. The van der Waals surface area contributed by atoms with Crippen LogP contribution in [0.15, 0.2) is 4.99 Å². The Morgan fingerprint density at radius 2 is 2.14 bits per heavy atom.